The number of hydrogen-bond donors (Lipinski definition) is 1. The highest BCUT2D eigenvalue weighted by atomic mass is 19.1. The number of hydrogen-bond acceptors (Lipinski definition) is 2. The highest BCUT2D eigenvalue weighted by molar-refractivity contribution is 6.16. The minimum atomic E-state index is -0.438. The molecule has 0 unspecified atom stereocenters. The van der Waals surface area contributed by atoms with Crippen molar-refractivity contribution in [1.29, 1.82) is 0 Å². The van der Waals surface area contributed by atoms with E-state index in [1.54, 1.807) is 20.2 Å². The molecule has 0 saturated carbocycles. The lowest BCUT2D eigenvalue weighted by atomic mass is 10.2. The van der Waals surface area contributed by atoms with Crippen LogP contribution in [0.25, 0.3) is 21.9 Å². The topological polar surface area (TPSA) is 59.3 Å². The van der Waals surface area contributed by atoms with Crippen molar-refractivity contribution in [1.82, 2.24) is 14.0 Å². The van der Waals surface area contributed by atoms with Crippen LogP contribution in [0.4, 0.5) is 14.9 Å². The van der Waals surface area contributed by atoms with Crippen LogP contribution in [-0.2, 0) is 0 Å². The molecule has 7 heteroatoms. The molecule has 0 atom stereocenters. The number of fused-ring (bicyclic) bond motifs is 3. The van der Waals surface area contributed by atoms with E-state index in [9.17, 15) is 14.0 Å². The van der Waals surface area contributed by atoms with Gasteiger partial charge >= 0.3 is 6.03 Å². The normalized spacial score (nSPS) is 11.4. The Labute approximate surface area is 173 Å². The second kappa shape index (κ2) is 7.33. The van der Waals surface area contributed by atoms with Crippen molar-refractivity contribution in [3.63, 3.8) is 0 Å². The molecule has 0 bridgehead atoms. The molecule has 0 radical (unpaired) electrons. The molecule has 2 aromatic heterocycles. The molecule has 0 aliphatic heterocycles. The van der Waals surface area contributed by atoms with Crippen molar-refractivity contribution >= 4 is 39.6 Å². The summed E-state index contributed by atoms with van der Waals surface area (Å²) in [5.74, 6) is -0.824. The van der Waals surface area contributed by atoms with Gasteiger partial charge in [-0.25, -0.2) is 9.18 Å². The molecule has 2 amide bonds. The highest BCUT2D eigenvalue weighted by Gasteiger charge is 2.26. The zero-order valence-electron chi connectivity index (χ0n) is 17.3. The van der Waals surface area contributed by atoms with Gasteiger partial charge in [0.15, 0.2) is 0 Å². The van der Waals surface area contributed by atoms with Gasteiger partial charge in [0.2, 0.25) is 0 Å². The molecule has 2 aromatic carbocycles. The maximum atomic E-state index is 13.2. The maximum absolute atomic E-state index is 13.2. The van der Waals surface area contributed by atoms with Gasteiger partial charge in [-0.3, -0.25) is 9.36 Å². The Hall–Kier alpha value is -3.61. The van der Waals surface area contributed by atoms with Crippen LogP contribution >= 0.6 is 0 Å². The lowest BCUT2D eigenvalue weighted by Crippen LogP contribution is -2.30. The summed E-state index contributed by atoms with van der Waals surface area (Å²) in [6.07, 6.45) is 0. The first-order valence-electron chi connectivity index (χ1n) is 9.72. The Balaban J connectivity index is 1.96. The number of carbonyl (C=O) groups is 2. The summed E-state index contributed by atoms with van der Waals surface area (Å²) in [5, 5.41) is 3.66. The minimum absolute atomic E-state index is 0.130. The van der Waals surface area contributed by atoms with Gasteiger partial charge in [-0.05, 0) is 50.2 Å². The summed E-state index contributed by atoms with van der Waals surface area (Å²) in [4.78, 5) is 27.7. The van der Waals surface area contributed by atoms with Gasteiger partial charge in [0.05, 0.1) is 16.6 Å². The number of amides is 2. The van der Waals surface area contributed by atoms with Gasteiger partial charge in [-0.1, -0.05) is 18.2 Å². The summed E-state index contributed by atoms with van der Waals surface area (Å²) in [6.45, 7) is 4.13. The van der Waals surface area contributed by atoms with Crippen LogP contribution in [0.2, 0.25) is 0 Å². The van der Waals surface area contributed by atoms with E-state index in [4.69, 9.17) is 0 Å². The van der Waals surface area contributed by atoms with Crippen molar-refractivity contribution in [2.75, 3.05) is 19.4 Å². The van der Waals surface area contributed by atoms with Gasteiger partial charge < -0.3 is 14.8 Å². The number of nitrogens with zero attached hydrogens (tertiary/aromatic N) is 3. The van der Waals surface area contributed by atoms with Crippen molar-refractivity contribution in [2.45, 2.75) is 19.9 Å². The van der Waals surface area contributed by atoms with E-state index in [1.807, 2.05) is 24.3 Å². The smallest absolute Gasteiger partial charge is 0.328 e. The van der Waals surface area contributed by atoms with Crippen LogP contribution in [0.5, 0.6) is 0 Å². The largest absolute Gasteiger partial charge is 0.337 e. The fourth-order valence-corrected chi connectivity index (χ4v) is 3.80. The minimum Gasteiger partial charge on any atom is -0.337 e. The Morgan fingerprint density at radius 1 is 1.00 bits per heavy atom. The van der Waals surface area contributed by atoms with Crippen molar-refractivity contribution in [3.05, 3.63) is 66.1 Å². The highest BCUT2D eigenvalue weighted by Crippen LogP contribution is 2.34. The lowest BCUT2D eigenvalue weighted by molar-refractivity contribution is 0.101. The van der Waals surface area contributed by atoms with E-state index in [1.165, 1.54) is 33.7 Å². The third-order valence-corrected chi connectivity index (χ3v) is 5.08. The molecule has 1 N–H and O–H groups in total. The molecule has 6 nitrogen and oxygen atoms in total. The summed E-state index contributed by atoms with van der Waals surface area (Å²) in [7, 11) is 3.30. The number of para-hydroxylation sites is 1. The van der Waals surface area contributed by atoms with Crippen molar-refractivity contribution < 1.29 is 14.0 Å². The fourth-order valence-electron chi connectivity index (χ4n) is 3.80. The Morgan fingerprint density at radius 3 is 2.30 bits per heavy atom. The van der Waals surface area contributed by atoms with Gasteiger partial charge in [-0.2, -0.15) is 0 Å². The van der Waals surface area contributed by atoms with E-state index in [0.29, 0.717) is 11.2 Å². The van der Waals surface area contributed by atoms with Crippen molar-refractivity contribution in [3.8, 4) is 0 Å². The number of aromatic nitrogens is 2. The molecule has 0 saturated heterocycles. The fraction of sp³-hybridized carbons (Fsp3) is 0.217. The van der Waals surface area contributed by atoms with E-state index in [2.05, 4.69) is 23.7 Å². The molecule has 4 rings (SSSR count). The molecule has 0 aliphatic rings. The summed E-state index contributed by atoms with van der Waals surface area (Å²) < 4.78 is 16.8. The number of benzene rings is 2. The molecular weight excluding hydrogens is 383 g/mol. The zero-order chi connectivity index (χ0) is 21.6. The molecule has 2 heterocycles. The van der Waals surface area contributed by atoms with Crippen LogP contribution < -0.4 is 5.32 Å². The second-order valence-electron chi connectivity index (χ2n) is 7.72. The third-order valence-electron chi connectivity index (χ3n) is 5.08. The quantitative estimate of drug-likeness (QED) is 0.515. The first kappa shape index (κ1) is 19.7. The van der Waals surface area contributed by atoms with Crippen LogP contribution in [-0.4, -0.2) is 40.1 Å². The first-order chi connectivity index (χ1) is 14.3. The molecule has 0 fully saturated rings. The van der Waals surface area contributed by atoms with E-state index < -0.39 is 5.91 Å². The molecule has 0 aliphatic carbocycles. The monoisotopic (exact) mass is 406 g/mol. The van der Waals surface area contributed by atoms with E-state index >= 15 is 0 Å². The van der Waals surface area contributed by atoms with E-state index in [0.717, 1.165) is 16.4 Å². The number of carbonyl (C=O) groups excluding carboxylic acids is 2. The second-order valence-corrected chi connectivity index (χ2v) is 7.72. The summed E-state index contributed by atoms with van der Waals surface area (Å²) in [5.41, 5.74) is 3.19. The zero-order valence-corrected chi connectivity index (χ0v) is 17.3. The molecule has 30 heavy (non-hydrogen) atoms. The maximum Gasteiger partial charge on any atom is 0.328 e. The number of halogens is 1. The molecular formula is C23H23FN4O2. The SMILES string of the molecule is CC(C)n1c2ccccc2c2c1cc(C(=O)Nc1ccc(F)cc1)n2C(=O)N(C)C. The summed E-state index contributed by atoms with van der Waals surface area (Å²) >= 11 is 0. The standard InChI is InChI=1S/C23H23FN4O2/c1-14(2)27-18-8-6-5-7-17(18)21-19(27)13-20(28(21)23(30)26(3)4)22(29)25-16-11-9-15(24)10-12-16/h5-14H,1-4H3,(H,25,29). The average Bonchev–Trinajstić information content (AvgIpc) is 3.23. The number of rotatable bonds is 3. The predicted molar refractivity (Wildman–Crippen MR) is 117 cm³/mol. The summed E-state index contributed by atoms with van der Waals surface area (Å²) in [6, 6.07) is 14.9. The van der Waals surface area contributed by atoms with Crippen LogP contribution in [0, 0.1) is 5.82 Å². The van der Waals surface area contributed by atoms with Crippen LogP contribution in [0.3, 0.4) is 0 Å². The van der Waals surface area contributed by atoms with Crippen LogP contribution in [0.15, 0.2) is 54.6 Å². The lowest BCUT2D eigenvalue weighted by Gasteiger charge is -2.15. The van der Waals surface area contributed by atoms with Gasteiger partial charge in [0, 0.05) is 31.2 Å². The molecule has 4 aromatic rings. The number of anilines is 1. The third kappa shape index (κ3) is 3.12. The molecule has 154 valence electrons. The van der Waals surface area contributed by atoms with Crippen LogP contribution in [0.1, 0.15) is 30.4 Å². The number of nitrogens with one attached hydrogen (secondary N) is 1. The van der Waals surface area contributed by atoms with Gasteiger partial charge in [0.1, 0.15) is 11.5 Å². The Bertz CT molecular complexity index is 1270. The van der Waals surface area contributed by atoms with Gasteiger partial charge in [-0.15, -0.1) is 0 Å². The van der Waals surface area contributed by atoms with Crippen molar-refractivity contribution in [2.24, 2.45) is 0 Å². The van der Waals surface area contributed by atoms with E-state index in [-0.39, 0.29) is 23.6 Å². The Kier molecular flexibility index (Phi) is 4.81. The Morgan fingerprint density at radius 2 is 1.67 bits per heavy atom. The first-order valence-corrected chi connectivity index (χ1v) is 9.72. The predicted octanol–water partition coefficient (Wildman–Crippen LogP) is 5.10. The molecule has 0 spiro atoms. The van der Waals surface area contributed by atoms with Gasteiger partial charge in [0.25, 0.3) is 5.91 Å². The average molecular weight is 406 g/mol.